The normalized spacial score (nSPS) is 13.7. The summed E-state index contributed by atoms with van der Waals surface area (Å²) in [6, 6.07) is 16.1. The van der Waals surface area contributed by atoms with Crippen LogP contribution in [0.15, 0.2) is 53.4 Å². The lowest BCUT2D eigenvalue weighted by Gasteiger charge is -2.12. The molecule has 0 aliphatic carbocycles. The van der Waals surface area contributed by atoms with Crippen LogP contribution in [0.4, 0.5) is 5.69 Å². The highest BCUT2D eigenvalue weighted by Crippen LogP contribution is 2.20. The lowest BCUT2D eigenvalue weighted by Crippen LogP contribution is -2.01. The van der Waals surface area contributed by atoms with E-state index in [1.165, 1.54) is 0 Å². The molecule has 4 heteroatoms. The van der Waals surface area contributed by atoms with Crippen LogP contribution in [0.2, 0.25) is 0 Å². The first-order chi connectivity index (χ1) is 10.1. The topological polar surface area (TPSA) is 38.3 Å². The highest BCUT2D eigenvalue weighted by atomic mass is 32.2. The summed E-state index contributed by atoms with van der Waals surface area (Å²) in [5, 5.41) is 3.40. The highest BCUT2D eigenvalue weighted by molar-refractivity contribution is 7.84. The molecule has 0 aromatic heterocycles. The van der Waals surface area contributed by atoms with Gasteiger partial charge in [0, 0.05) is 41.3 Å². The minimum atomic E-state index is -0.921. The van der Waals surface area contributed by atoms with E-state index in [1.807, 2.05) is 43.3 Å². The van der Waals surface area contributed by atoms with Gasteiger partial charge in [0.25, 0.3) is 0 Å². The molecule has 0 radical (unpaired) electrons. The van der Waals surface area contributed by atoms with Crippen molar-refractivity contribution in [2.45, 2.75) is 24.5 Å². The molecular formula is C17H21NO2S. The molecule has 0 saturated carbocycles. The average molecular weight is 303 g/mol. The summed E-state index contributed by atoms with van der Waals surface area (Å²) in [5.41, 5.74) is 3.38. The molecule has 0 bridgehead atoms. The molecule has 0 spiro atoms. The minimum absolute atomic E-state index is 0.0885. The molecule has 0 unspecified atom stereocenters. The Morgan fingerprint density at radius 3 is 2.52 bits per heavy atom. The minimum Gasteiger partial charge on any atom is -0.381 e. The molecule has 0 fully saturated rings. The van der Waals surface area contributed by atoms with Crippen molar-refractivity contribution in [3.8, 4) is 0 Å². The molecule has 2 aromatic rings. The maximum Gasteiger partial charge on any atom is 0.0793 e. The van der Waals surface area contributed by atoms with Crippen LogP contribution < -0.4 is 5.32 Å². The van der Waals surface area contributed by atoms with Gasteiger partial charge in [-0.3, -0.25) is 4.21 Å². The third-order valence-corrected chi connectivity index (χ3v) is 4.40. The van der Waals surface area contributed by atoms with Gasteiger partial charge in [0.2, 0.25) is 0 Å². The molecule has 0 amide bonds. The van der Waals surface area contributed by atoms with Gasteiger partial charge in [-0.15, -0.1) is 0 Å². The van der Waals surface area contributed by atoms with E-state index in [4.69, 9.17) is 4.74 Å². The fourth-order valence-electron chi connectivity index (χ4n) is 2.04. The molecular weight excluding hydrogens is 282 g/mol. The predicted octanol–water partition coefficient (Wildman–Crippen LogP) is 3.74. The summed E-state index contributed by atoms with van der Waals surface area (Å²) in [5.74, 6) is 0. The molecule has 1 N–H and O–H groups in total. The zero-order chi connectivity index (χ0) is 15.2. The molecule has 21 heavy (non-hydrogen) atoms. The maximum absolute atomic E-state index is 11.3. The fraction of sp³-hybridized carbons (Fsp3) is 0.294. The van der Waals surface area contributed by atoms with Crippen LogP contribution in [-0.2, 0) is 22.1 Å². The van der Waals surface area contributed by atoms with Crippen LogP contribution in [0.25, 0.3) is 0 Å². The summed E-state index contributed by atoms with van der Waals surface area (Å²) in [6.07, 6.45) is 1.78. The molecule has 0 saturated heterocycles. The average Bonchev–Trinajstić information content (AvgIpc) is 2.52. The van der Waals surface area contributed by atoms with Gasteiger partial charge < -0.3 is 10.1 Å². The summed E-state index contributed by atoms with van der Waals surface area (Å²) in [4.78, 5) is 0.856. The number of anilines is 1. The number of nitrogens with one attached hydrogen (secondary N) is 1. The van der Waals surface area contributed by atoms with E-state index in [-0.39, 0.29) is 6.10 Å². The molecule has 0 heterocycles. The van der Waals surface area contributed by atoms with Gasteiger partial charge >= 0.3 is 0 Å². The zero-order valence-corrected chi connectivity index (χ0v) is 13.4. The summed E-state index contributed by atoms with van der Waals surface area (Å²) < 4.78 is 16.7. The third-order valence-electron chi connectivity index (χ3n) is 3.46. The highest BCUT2D eigenvalue weighted by Gasteiger charge is 2.04. The first-order valence-electron chi connectivity index (χ1n) is 6.89. The van der Waals surface area contributed by atoms with E-state index in [0.717, 1.165) is 28.3 Å². The van der Waals surface area contributed by atoms with E-state index in [9.17, 15) is 4.21 Å². The van der Waals surface area contributed by atoms with Crippen molar-refractivity contribution >= 4 is 16.5 Å². The Bertz CT molecular complexity index is 610. The quantitative estimate of drug-likeness (QED) is 0.883. The molecule has 0 aliphatic rings. The van der Waals surface area contributed by atoms with Crippen molar-refractivity contribution in [3.63, 3.8) is 0 Å². The number of methoxy groups -OCH3 is 1. The largest absolute Gasteiger partial charge is 0.381 e. The van der Waals surface area contributed by atoms with Gasteiger partial charge in [0.1, 0.15) is 0 Å². The maximum atomic E-state index is 11.3. The van der Waals surface area contributed by atoms with Crippen molar-refractivity contribution in [2.24, 2.45) is 0 Å². The monoisotopic (exact) mass is 303 g/mol. The van der Waals surface area contributed by atoms with Crippen LogP contribution >= 0.6 is 0 Å². The Morgan fingerprint density at radius 1 is 1.19 bits per heavy atom. The van der Waals surface area contributed by atoms with Gasteiger partial charge in [-0.2, -0.15) is 0 Å². The van der Waals surface area contributed by atoms with Crippen LogP contribution in [0.3, 0.4) is 0 Å². The van der Waals surface area contributed by atoms with Gasteiger partial charge in [0.05, 0.1) is 6.10 Å². The number of rotatable bonds is 6. The van der Waals surface area contributed by atoms with Crippen LogP contribution in [-0.4, -0.2) is 17.6 Å². The number of benzene rings is 2. The van der Waals surface area contributed by atoms with E-state index in [2.05, 4.69) is 17.4 Å². The SMILES string of the molecule is CO[C@H](C)c1cccc(NCc2ccc([S@@](C)=O)cc2)c1. The molecule has 3 nitrogen and oxygen atoms in total. The lowest BCUT2D eigenvalue weighted by molar-refractivity contribution is 0.119. The summed E-state index contributed by atoms with van der Waals surface area (Å²) in [6.45, 7) is 2.77. The molecule has 2 atom stereocenters. The van der Waals surface area contributed by atoms with Crippen molar-refractivity contribution in [2.75, 3.05) is 18.7 Å². The Labute approximate surface area is 128 Å². The second-order valence-corrected chi connectivity index (χ2v) is 6.33. The Balaban J connectivity index is 2.01. The number of hydrogen-bond donors (Lipinski definition) is 1. The molecule has 2 rings (SSSR count). The standard InChI is InChI=1S/C17H21NO2S/c1-13(20-2)15-5-4-6-16(11-15)18-12-14-7-9-17(10-8-14)21(3)19/h4-11,13,18H,12H2,1-3H3/t13-,21-/m1/s1. The van der Waals surface area contributed by atoms with Gasteiger partial charge in [-0.25, -0.2) is 0 Å². The van der Waals surface area contributed by atoms with E-state index < -0.39 is 10.8 Å². The Hall–Kier alpha value is -1.65. The van der Waals surface area contributed by atoms with Crippen molar-refractivity contribution < 1.29 is 8.95 Å². The van der Waals surface area contributed by atoms with Crippen molar-refractivity contribution in [1.82, 2.24) is 0 Å². The number of hydrogen-bond acceptors (Lipinski definition) is 3. The van der Waals surface area contributed by atoms with Gasteiger partial charge in [-0.1, -0.05) is 24.3 Å². The zero-order valence-electron chi connectivity index (χ0n) is 12.6. The fourth-order valence-corrected chi connectivity index (χ4v) is 2.56. The van der Waals surface area contributed by atoms with E-state index in [0.29, 0.717) is 0 Å². The van der Waals surface area contributed by atoms with Crippen molar-refractivity contribution in [3.05, 3.63) is 59.7 Å². The first kappa shape index (κ1) is 15.7. The Kier molecular flexibility index (Phi) is 5.53. The smallest absolute Gasteiger partial charge is 0.0793 e. The Morgan fingerprint density at radius 2 is 1.90 bits per heavy atom. The summed E-state index contributed by atoms with van der Waals surface area (Å²) in [7, 11) is 0.791. The van der Waals surface area contributed by atoms with Crippen molar-refractivity contribution in [1.29, 1.82) is 0 Å². The summed E-state index contributed by atoms with van der Waals surface area (Å²) >= 11 is 0. The first-order valence-corrected chi connectivity index (χ1v) is 8.45. The van der Waals surface area contributed by atoms with Gasteiger partial charge in [-0.05, 0) is 42.3 Å². The van der Waals surface area contributed by atoms with E-state index in [1.54, 1.807) is 13.4 Å². The van der Waals surface area contributed by atoms with Crippen LogP contribution in [0.5, 0.6) is 0 Å². The third kappa shape index (κ3) is 4.41. The molecule has 112 valence electrons. The second-order valence-electron chi connectivity index (χ2n) is 4.96. The van der Waals surface area contributed by atoms with Gasteiger partial charge in [0.15, 0.2) is 0 Å². The van der Waals surface area contributed by atoms with Crippen LogP contribution in [0.1, 0.15) is 24.2 Å². The second kappa shape index (κ2) is 7.38. The van der Waals surface area contributed by atoms with E-state index >= 15 is 0 Å². The lowest BCUT2D eigenvalue weighted by atomic mass is 10.1. The number of ether oxygens (including phenoxy) is 1. The molecule has 0 aliphatic heterocycles. The predicted molar refractivity (Wildman–Crippen MR) is 88.0 cm³/mol. The van der Waals surface area contributed by atoms with Crippen LogP contribution in [0, 0.1) is 0 Å². The molecule has 2 aromatic carbocycles.